The molecule has 0 radical (unpaired) electrons. The fourth-order valence-corrected chi connectivity index (χ4v) is 7.18. The van der Waals surface area contributed by atoms with Gasteiger partial charge in [0.1, 0.15) is 0 Å². The molecule has 3 aliphatic carbocycles. The van der Waals surface area contributed by atoms with Gasteiger partial charge in [-0.05, 0) is 85.3 Å². The molecule has 32 heavy (non-hydrogen) atoms. The first-order valence-electron chi connectivity index (χ1n) is 11.4. The van der Waals surface area contributed by atoms with Crippen molar-refractivity contribution in [2.75, 3.05) is 5.32 Å². The van der Waals surface area contributed by atoms with Crippen LogP contribution < -0.4 is 5.32 Å². The fourth-order valence-electron chi connectivity index (χ4n) is 6.03. The summed E-state index contributed by atoms with van der Waals surface area (Å²) in [6, 6.07) is 8.15. The number of nitrogens with one attached hydrogen (secondary N) is 1. The molecule has 3 aliphatic rings. The Morgan fingerprint density at radius 3 is 2.75 bits per heavy atom. The average Bonchev–Trinajstić information content (AvgIpc) is 3.38. The topological polar surface area (TPSA) is 88.2 Å². The second-order valence-corrected chi connectivity index (χ2v) is 11.4. The summed E-state index contributed by atoms with van der Waals surface area (Å²) in [5, 5.41) is 17.0. The Labute approximate surface area is 191 Å². The summed E-state index contributed by atoms with van der Waals surface area (Å²) < 4.78 is 5.63. The number of hydrogen-bond acceptors (Lipinski definition) is 6. The zero-order valence-corrected chi connectivity index (χ0v) is 19.3. The number of anilines is 1. The van der Waals surface area contributed by atoms with E-state index in [1.165, 1.54) is 15.3 Å². The van der Waals surface area contributed by atoms with Crippen molar-refractivity contribution < 1.29 is 14.4 Å². The van der Waals surface area contributed by atoms with E-state index in [2.05, 4.69) is 31.2 Å². The minimum absolute atomic E-state index is 0.206. The van der Waals surface area contributed by atoms with Gasteiger partial charge in [-0.1, -0.05) is 19.0 Å². The number of carboxylic acids is 1. The van der Waals surface area contributed by atoms with Gasteiger partial charge in [-0.2, -0.15) is 4.98 Å². The number of carboxylic acid groups (broad SMARTS) is 1. The highest BCUT2D eigenvalue weighted by Gasteiger charge is 2.63. The second-order valence-electron chi connectivity index (χ2n) is 10.2. The Balaban J connectivity index is 1.18. The van der Waals surface area contributed by atoms with Crippen LogP contribution in [0.5, 0.6) is 0 Å². The Kier molecular flexibility index (Phi) is 4.31. The van der Waals surface area contributed by atoms with E-state index in [4.69, 9.17) is 9.51 Å². The van der Waals surface area contributed by atoms with E-state index in [1.807, 2.05) is 24.3 Å². The van der Waals surface area contributed by atoms with Gasteiger partial charge in [-0.25, -0.2) is 0 Å². The van der Waals surface area contributed by atoms with Gasteiger partial charge >= 0.3 is 5.97 Å². The summed E-state index contributed by atoms with van der Waals surface area (Å²) in [5.41, 5.74) is 5.28. The predicted molar refractivity (Wildman–Crippen MR) is 124 cm³/mol. The number of aryl methyl sites for hydroxylation is 1. The smallest absolute Gasteiger partial charge is 0.306 e. The Morgan fingerprint density at radius 2 is 2.03 bits per heavy atom. The van der Waals surface area contributed by atoms with Crippen LogP contribution in [0.3, 0.4) is 0 Å². The molecule has 2 saturated carbocycles. The van der Waals surface area contributed by atoms with E-state index >= 15 is 0 Å². The molecule has 4 atom stereocenters. The molecule has 166 valence electrons. The molecule has 0 saturated heterocycles. The Hall–Kier alpha value is -2.67. The highest BCUT2D eigenvalue weighted by atomic mass is 32.1. The third-order valence-electron chi connectivity index (χ3n) is 7.93. The van der Waals surface area contributed by atoms with E-state index in [0.29, 0.717) is 29.5 Å². The first kappa shape index (κ1) is 20.0. The number of rotatable bonds is 5. The van der Waals surface area contributed by atoms with Crippen LogP contribution in [0.4, 0.5) is 5.69 Å². The number of hydrogen-bond donors (Lipinski definition) is 2. The maximum Gasteiger partial charge on any atom is 0.306 e. The van der Waals surface area contributed by atoms with Gasteiger partial charge in [0.2, 0.25) is 5.82 Å². The van der Waals surface area contributed by atoms with Crippen molar-refractivity contribution >= 4 is 23.0 Å². The van der Waals surface area contributed by atoms with Crippen molar-refractivity contribution in [3.63, 3.8) is 0 Å². The maximum absolute atomic E-state index is 11.2. The molecule has 2 aromatic heterocycles. The minimum Gasteiger partial charge on any atom is -0.481 e. The third kappa shape index (κ3) is 3.01. The molecule has 6 nitrogen and oxygen atoms in total. The predicted octanol–water partition coefficient (Wildman–Crippen LogP) is 5.73. The lowest BCUT2D eigenvalue weighted by atomic mass is 9.95. The van der Waals surface area contributed by atoms with Crippen molar-refractivity contribution in [1.82, 2.24) is 10.1 Å². The summed E-state index contributed by atoms with van der Waals surface area (Å²) in [6.07, 6.45) is 3.42. The Morgan fingerprint density at radius 1 is 1.25 bits per heavy atom. The molecule has 0 bridgehead atoms. The maximum atomic E-state index is 11.2. The normalized spacial score (nSPS) is 27.2. The van der Waals surface area contributed by atoms with Crippen molar-refractivity contribution in [3.8, 4) is 22.2 Å². The largest absolute Gasteiger partial charge is 0.481 e. The highest BCUT2D eigenvalue weighted by Crippen LogP contribution is 2.72. The number of benzene rings is 1. The lowest BCUT2D eigenvalue weighted by molar-refractivity contribution is -0.141. The monoisotopic (exact) mass is 449 g/mol. The van der Waals surface area contributed by atoms with Crippen LogP contribution in [0.25, 0.3) is 22.2 Å². The van der Waals surface area contributed by atoms with Gasteiger partial charge in [0.25, 0.3) is 5.89 Å². The van der Waals surface area contributed by atoms with Crippen LogP contribution in [0.15, 0.2) is 28.8 Å². The van der Waals surface area contributed by atoms with E-state index in [9.17, 15) is 9.90 Å². The lowest BCUT2D eigenvalue weighted by Crippen LogP contribution is -2.17. The van der Waals surface area contributed by atoms with Crippen LogP contribution in [-0.4, -0.2) is 27.3 Å². The Bertz CT molecular complexity index is 1210. The number of fused-ring (bicyclic) bond motifs is 3. The SMILES string of the molecule is Cc1sc(-c2noc(-c3ccc(N[C@H]4CCC(C(=O)O)C4)cc3)n2)c2c1[C@H]1[C@@H](C2)C1(C)C. The minimum atomic E-state index is -0.691. The zero-order valence-electron chi connectivity index (χ0n) is 18.5. The molecule has 2 N–H and O–H groups in total. The molecular formula is C25H27N3O3S. The summed E-state index contributed by atoms with van der Waals surface area (Å²) in [6.45, 7) is 6.98. The molecular weight excluding hydrogens is 422 g/mol. The summed E-state index contributed by atoms with van der Waals surface area (Å²) in [5.74, 6) is 1.75. The van der Waals surface area contributed by atoms with E-state index in [0.717, 1.165) is 36.4 Å². The number of aliphatic carboxylic acids is 1. The van der Waals surface area contributed by atoms with E-state index < -0.39 is 5.97 Å². The van der Waals surface area contributed by atoms with E-state index in [-0.39, 0.29) is 12.0 Å². The second kappa shape index (κ2) is 6.91. The van der Waals surface area contributed by atoms with E-state index in [1.54, 1.807) is 16.9 Å². The van der Waals surface area contributed by atoms with Gasteiger partial charge in [-0.3, -0.25) is 4.79 Å². The van der Waals surface area contributed by atoms with Gasteiger partial charge in [0.05, 0.1) is 10.8 Å². The average molecular weight is 450 g/mol. The molecule has 2 fully saturated rings. The van der Waals surface area contributed by atoms with Gasteiger partial charge < -0.3 is 14.9 Å². The van der Waals surface area contributed by atoms with Crippen molar-refractivity contribution in [3.05, 3.63) is 40.3 Å². The number of carbonyl (C=O) groups is 1. The van der Waals surface area contributed by atoms with Crippen molar-refractivity contribution in [1.29, 1.82) is 0 Å². The number of nitrogens with zero attached hydrogens (tertiary/aromatic N) is 2. The van der Waals surface area contributed by atoms with Crippen LogP contribution in [-0.2, 0) is 11.2 Å². The molecule has 0 amide bonds. The van der Waals surface area contributed by atoms with Gasteiger partial charge in [0, 0.05) is 22.2 Å². The van der Waals surface area contributed by atoms with Crippen molar-refractivity contribution in [2.24, 2.45) is 17.3 Å². The molecule has 1 unspecified atom stereocenters. The quantitative estimate of drug-likeness (QED) is 0.517. The highest BCUT2D eigenvalue weighted by molar-refractivity contribution is 7.15. The molecule has 2 heterocycles. The number of thiophene rings is 1. The summed E-state index contributed by atoms with van der Waals surface area (Å²) in [7, 11) is 0. The molecule has 6 rings (SSSR count). The van der Waals surface area contributed by atoms with Crippen LogP contribution in [0, 0.1) is 24.2 Å². The lowest BCUT2D eigenvalue weighted by Gasteiger charge is -2.14. The van der Waals surface area contributed by atoms with Crippen LogP contribution in [0.1, 0.15) is 55.0 Å². The molecule has 3 aromatic rings. The van der Waals surface area contributed by atoms with Crippen LogP contribution >= 0.6 is 11.3 Å². The van der Waals surface area contributed by atoms with Crippen LogP contribution in [0.2, 0.25) is 0 Å². The molecule has 1 aromatic carbocycles. The standard InChI is InChI=1S/C25H27N3O3S/c1-12-19-17(11-18-20(19)25(18,2)3)21(32-12)22-27-23(31-28-22)13-4-7-15(8-5-13)26-16-9-6-14(10-16)24(29)30/h4-5,7-8,14,16,18,20,26H,6,9-11H2,1-3H3,(H,29,30)/t14?,16-,18+,20+/m0/s1. The number of aromatic nitrogens is 2. The van der Waals surface area contributed by atoms with Gasteiger partial charge in [0.15, 0.2) is 0 Å². The fraction of sp³-hybridized carbons (Fsp3) is 0.480. The zero-order chi connectivity index (χ0) is 22.2. The first-order valence-corrected chi connectivity index (χ1v) is 12.2. The molecule has 0 aliphatic heterocycles. The van der Waals surface area contributed by atoms with Crippen molar-refractivity contribution in [2.45, 2.75) is 58.4 Å². The first-order chi connectivity index (χ1) is 15.3. The molecule has 0 spiro atoms. The summed E-state index contributed by atoms with van der Waals surface area (Å²) in [4.78, 5) is 18.5. The summed E-state index contributed by atoms with van der Waals surface area (Å²) >= 11 is 1.80. The van der Waals surface area contributed by atoms with Gasteiger partial charge in [-0.15, -0.1) is 11.3 Å². The third-order valence-corrected chi connectivity index (χ3v) is 9.09. The molecule has 7 heteroatoms.